The molecule has 0 unspecified atom stereocenters. The number of nitro groups is 1. The highest BCUT2D eigenvalue weighted by Crippen LogP contribution is 2.19. The van der Waals surface area contributed by atoms with Crippen LogP contribution < -0.4 is 0 Å². The Morgan fingerprint density at radius 2 is 1.90 bits per heavy atom. The quantitative estimate of drug-likeness (QED) is 0.463. The van der Waals surface area contributed by atoms with Crippen molar-refractivity contribution in [2.45, 2.75) is 6.61 Å². The van der Waals surface area contributed by atoms with E-state index in [4.69, 9.17) is 28.0 Å². The smallest absolute Gasteiger partial charge is 0.269 e. The van der Waals surface area contributed by atoms with Crippen LogP contribution in [0.2, 0.25) is 10.0 Å². The first-order valence-corrected chi connectivity index (χ1v) is 6.65. The number of nitrogens with zero attached hydrogens (tertiary/aromatic N) is 2. The molecule has 0 bridgehead atoms. The van der Waals surface area contributed by atoms with Gasteiger partial charge in [-0.3, -0.25) is 10.1 Å². The first kappa shape index (κ1) is 15.3. The summed E-state index contributed by atoms with van der Waals surface area (Å²) in [4.78, 5) is 15.2. The average molecular weight is 325 g/mol. The molecule has 0 aliphatic carbocycles. The van der Waals surface area contributed by atoms with Gasteiger partial charge in [-0.1, -0.05) is 34.4 Å². The van der Waals surface area contributed by atoms with Gasteiger partial charge >= 0.3 is 0 Å². The molecule has 21 heavy (non-hydrogen) atoms. The predicted molar refractivity (Wildman–Crippen MR) is 81.9 cm³/mol. The zero-order valence-corrected chi connectivity index (χ0v) is 12.2. The molecule has 0 radical (unpaired) electrons. The van der Waals surface area contributed by atoms with E-state index in [1.54, 1.807) is 30.3 Å². The molecule has 0 fully saturated rings. The first-order valence-electron chi connectivity index (χ1n) is 5.90. The minimum Gasteiger partial charge on any atom is -0.391 e. The third kappa shape index (κ3) is 4.44. The zero-order chi connectivity index (χ0) is 15.2. The van der Waals surface area contributed by atoms with Crippen LogP contribution in [0.5, 0.6) is 0 Å². The molecule has 7 heteroatoms. The van der Waals surface area contributed by atoms with Crippen molar-refractivity contribution in [2.24, 2.45) is 5.16 Å². The van der Waals surface area contributed by atoms with Crippen LogP contribution in [0, 0.1) is 10.1 Å². The van der Waals surface area contributed by atoms with Crippen LogP contribution in [0.3, 0.4) is 0 Å². The van der Waals surface area contributed by atoms with E-state index in [2.05, 4.69) is 5.16 Å². The van der Waals surface area contributed by atoms with Crippen molar-refractivity contribution in [2.75, 3.05) is 0 Å². The standard InChI is InChI=1S/C14H10Cl2N2O3/c15-12-4-3-11(14(16)7-12)8-17-21-9-10-1-5-13(6-2-10)18(19)20/h1-8H,9H2/b17-8-. The predicted octanol–water partition coefficient (Wildman–Crippen LogP) is 4.45. The number of oxime groups is 1. The van der Waals surface area contributed by atoms with Gasteiger partial charge in [0.2, 0.25) is 0 Å². The lowest BCUT2D eigenvalue weighted by Gasteiger charge is -2.00. The van der Waals surface area contributed by atoms with Crippen molar-refractivity contribution < 1.29 is 9.76 Å². The van der Waals surface area contributed by atoms with Gasteiger partial charge in [0.25, 0.3) is 5.69 Å². The summed E-state index contributed by atoms with van der Waals surface area (Å²) < 4.78 is 0. The van der Waals surface area contributed by atoms with Gasteiger partial charge in [-0.15, -0.1) is 0 Å². The topological polar surface area (TPSA) is 64.7 Å². The number of halogens is 2. The summed E-state index contributed by atoms with van der Waals surface area (Å²) in [7, 11) is 0. The third-order valence-corrected chi connectivity index (χ3v) is 3.17. The second-order valence-electron chi connectivity index (χ2n) is 4.10. The molecule has 0 aliphatic rings. The Labute approximate surface area is 130 Å². The molecule has 2 rings (SSSR count). The van der Waals surface area contributed by atoms with E-state index in [1.807, 2.05) is 0 Å². The number of hydrogen-bond donors (Lipinski definition) is 0. The van der Waals surface area contributed by atoms with Gasteiger partial charge in [-0.05, 0) is 29.8 Å². The first-order chi connectivity index (χ1) is 10.1. The lowest BCUT2D eigenvalue weighted by atomic mass is 10.2. The van der Waals surface area contributed by atoms with Gasteiger partial charge in [-0.2, -0.15) is 0 Å². The maximum Gasteiger partial charge on any atom is 0.269 e. The van der Waals surface area contributed by atoms with Crippen LogP contribution >= 0.6 is 23.2 Å². The van der Waals surface area contributed by atoms with Crippen molar-refractivity contribution in [1.29, 1.82) is 0 Å². The molecule has 0 aromatic heterocycles. The number of nitro benzene ring substituents is 1. The Morgan fingerprint density at radius 3 is 2.52 bits per heavy atom. The van der Waals surface area contributed by atoms with Crippen LogP contribution in [0.15, 0.2) is 47.6 Å². The summed E-state index contributed by atoms with van der Waals surface area (Å²) >= 11 is 11.8. The van der Waals surface area contributed by atoms with E-state index in [0.29, 0.717) is 15.6 Å². The molecule has 0 heterocycles. The van der Waals surface area contributed by atoms with Crippen LogP contribution in [0.4, 0.5) is 5.69 Å². The summed E-state index contributed by atoms with van der Waals surface area (Å²) in [6.07, 6.45) is 1.48. The van der Waals surface area contributed by atoms with E-state index in [9.17, 15) is 10.1 Å². The van der Waals surface area contributed by atoms with Crippen LogP contribution in [0.25, 0.3) is 0 Å². The highest BCUT2D eigenvalue weighted by Gasteiger charge is 2.03. The zero-order valence-electron chi connectivity index (χ0n) is 10.7. The second kappa shape index (κ2) is 7.06. The molecular weight excluding hydrogens is 315 g/mol. The summed E-state index contributed by atoms with van der Waals surface area (Å²) in [6, 6.07) is 11.1. The molecule has 0 saturated carbocycles. The van der Waals surface area contributed by atoms with E-state index in [-0.39, 0.29) is 12.3 Å². The molecule has 5 nitrogen and oxygen atoms in total. The summed E-state index contributed by atoms with van der Waals surface area (Å²) in [5, 5.41) is 15.3. The fraction of sp³-hybridized carbons (Fsp3) is 0.0714. The van der Waals surface area contributed by atoms with E-state index in [1.165, 1.54) is 18.3 Å². The maximum atomic E-state index is 10.5. The van der Waals surface area contributed by atoms with Crippen molar-refractivity contribution >= 4 is 35.1 Å². The van der Waals surface area contributed by atoms with Gasteiger partial charge in [0.15, 0.2) is 0 Å². The highest BCUT2D eigenvalue weighted by molar-refractivity contribution is 6.36. The minimum atomic E-state index is -0.453. The Morgan fingerprint density at radius 1 is 1.19 bits per heavy atom. The normalized spacial score (nSPS) is 10.8. The molecule has 0 aliphatic heterocycles. The molecular formula is C14H10Cl2N2O3. The van der Waals surface area contributed by atoms with Gasteiger partial charge in [0.1, 0.15) is 6.61 Å². The summed E-state index contributed by atoms with van der Waals surface area (Å²) in [5.74, 6) is 0. The van der Waals surface area contributed by atoms with Gasteiger partial charge in [0, 0.05) is 22.7 Å². The fourth-order valence-corrected chi connectivity index (χ4v) is 1.98. The Balaban J connectivity index is 1.91. The van der Waals surface area contributed by atoms with Crippen molar-refractivity contribution in [3.05, 3.63) is 73.8 Å². The summed E-state index contributed by atoms with van der Waals surface area (Å²) in [6.45, 7) is 0.208. The van der Waals surface area contributed by atoms with Crippen molar-refractivity contribution in [1.82, 2.24) is 0 Å². The third-order valence-electron chi connectivity index (χ3n) is 2.61. The Bertz CT molecular complexity index is 672. The van der Waals surface area contributed by atoms with E-state index in [0.717, 1.165) is 5.56 Å². The number of rotatable bonds is 5. The monoisotopic (exact) mass is 324 g/mol. The number of hydrogen-bond acceptors (Lipinski definition) is 4. The largest absolute Gasteiger partial charge is 0.391 e. The maximum absolute atomic E-state index is 10.5. The lowest BCUT2D eigenvalue weighted by Crippen LogP contribution is -1.91. The van der Waals surface area contributed by atoms with Crippen LogP contribution in [0.1, 0.15) is 11.1 Å². The Hall–Kier alpha value is -2.11. The molecule has 0 atom stereocenters. The van der Waals surface area contributed by atoms with E-state index < -0.39 is 4.92 Å². The molecule has 0 spiro atoms. The SMILES string of the molecule is O=[N+]([O-])c1ccc(CO/N=C\c2ccc(Cl)cc2Cl)cc1. The highest BCUT2D eigenvalue weighted by atomic mass is 35.5. The number of benzene rings is 2. The van der Waals surface area contributed by atoms with Gasteiger partial charge in [-0.25, -0.2) is 0 Å². The fourth-order valence-electron chi connectivity index (χ4n) is 1.53. The Kier molecular flexibility index (Phi) is 5.14. The minimum absolute atomic E-state index is 0.0372. The van der Waals surface area contributed by atoms with Crippen LogP contribution in [-0.4, -0.2) is 11.1 Å². The lowest BCUT2D eigenvalue weighted by molar-refractivity contribution is -0.384. The van der Waals surface area contributed by atoms with Gasteiger partial charge < -0.3 is 4.84 Å². The van der Waals surface area contributed by atoms with Crippen LogP contribution in [-0.2, 0) is 11.4 Å². The van der Waals surface area contributed by atoms with Crippen molar-refractivity contribution in [3.63, 3.8) is 0 Å². The molecule has 0 amide bonds. The van der Waals surface area contributed by atoms with Crippen molar-refractivity contribution in [3.8, 4) is 0 Å². The number of non-ortho nitro benzene ring substituents is 1. The molecule has 0 N–H and O–H groups in total. The molecule has 2 aromatic rings. The average Bonchev–Trinajstić information content (AvgIpc) is 2.46. The van der Waals surface area contributed by atoms with Gasteiger partial charge in [0.05, 0.1) is 16.2 Å². The summed E-state index contributed by atoms with van der Waals surface area (Å²) in [5.41, 5.74) is 1.50. The molecule has 2 aromatic carbocycles. The van der Waals surface area contributed by atoms with E-state index >= 15 is 0 Å². The molecule has 0 saturated heterocycles. The second-order valence-corrected chi connectivity index (χ2v) is 4.94. The molecule has 108 valence electrons.